The maximum Gasteiger partial charge on any atom is 0.348 e. The molecule has 0 saturated carbocycles. The maximum atomic E-state index is 11.0. The highest BCUT2D eigenvalue weighted by atomic mass is 35.5. The van der Waals surface area contributed by atoms with Gasteiger partial charge >= 0.3 is 5.69 Å². The Morgan fingerprint density at radius 2 is 2.10 bits per heavy atom. The molecule has 1 heterocycles. The van der Waals surface area contributed by atoms with E-state index >= 15 is 0 Å². The molecule has 0 aliphatic heterocycles. The zero-order valence-corrected chi connectivity index (χ0v) is 12.2. The summed E-state index contributed by atoms with van der Waals surface area (Å²) in [5.41, 5.74) is -0.284. The average molecular weight is 303 g/mol. The molecule has 0 atom stereocenters. The third-order valence-electron chi connectivity index (χ3n) is 2.67. The van der Waals surface area contributed by atoms with Crippen LogP contribution in [-0.2, 0) is 6.42 Å². The quantitative estimate of drug-likeness (QED) is 0.315. The number of unbranched alkanes of at least 4 members (excludes halogenated alkanes) is 2. The van der Waals surface area contributed by atoms with Crippen molar-refractivity contribution in [3.8, 4) is 0 Å². The van der Waals surface area contributed by atoms with Gasteiger partial charge in [-0.3, -0.25) is 10.1 Å². The summed E-state index contributed by atoms with van der Waals surface area (Å²) in [6.45, 7) is 2.67. The highest BCUT2D eigenvalue weighted by Crippen LogP contribution is 2.29. The molecule has 0 radical (unpaired) electrons. The van der Waals surface area contributed by atoms with Crippen LogP contribution in [0.1, 0.15) is 38.4 Å². The molecule has 1 rings (SSSR count). The van der Waals surface area contributed by atoms with E-state index in [4.69, 9.17) is 16.7 Å². The van der Waals surface area contributed by atoms with E-state index in [1.165, 1.54) is 0 Å². The molecular formula is C12H19ClN4O3. The Morgan fingerprint density at radius 1 is 1.35 bits per heavy atom. The fourth-order valence-electron chi connectivity index (χ4n) is 1.71. The molecule has 0 saturated heterocycles. The average Bonchev–Trinajstić information content (AvgIpc) is 2.38. The molecule has 0 spiro atoms. The Balaban J connectivity index is 2.81. The van der Waals surface area contributed by atoms with Crippen LogP contribution in [0.15, 0.2) is 0 Å². The molecular weight excluding hydrogens is 284 g/mol. The van der Waals surface area contributed by atoms with Crippen LogP contribution in [0.4, 0.5) is 11.5 Å². The number of nitrogens with zero attached hydrogens (tertiary/aromatic N) is 3. The van der Waals surface area contributed by atoms with Crippen LogP contribution in [0.3, 0.4) is 0 Å². The third-order valence-corrected chi connectivity index (χ3v) is 2.93. The van der Waals surface area contributed by atoms with Crippen molar-refractivity contribution in [2.45, 2.75) is 39.0 Å². The highest BCUT2D eigenvalue weighted by Gasteiger charge is 2.23. The first-order chi connectivity index (χ1) is 9.60. The van der Waals surface area contributed by atoms with Crippen molar-refractivity contribution >= 4 is 23.1 Å². The number of nitro groups is 1. The number of aliphatic hydroxyl groups excluding tert-OH is 1. The van der Waals surface area contributed by atoms with Crippen LogP contribution in [0.25, 0.3) is 0 Å². The highest BCUT2D eigenvalue weighted by molar-refractivity contribution is 6.31. The van der Waals surface area contributed by atoms with E-state index in [1.807, 2.05) is 6.92 Å². The number of halogens is 1. The summed E-state index contributed by atoms with van der Waals surface area (Å²) >= 11 is 5.86. The van der Waals surface area contributed by atoms with Crippen molar-refractivity contribution in [3.05, 3.63) is 21.1 Å². The van der Waals surface area contributed by atoms with E-state index in [0.29, 0.717) is 18.8 Å². The van der Waals surface area contributed by atoms with Crippen LogP contribution in [0.2, 0.25) is 5.15 Å². The van der Waals surface area contributed by atoms with Gasteiger partial charge in [0.2, 0.25) is 11.0 Å². The Morgan fingerprint density at radius 3 is 2.70 bits per heavy atom. The van der Waals surface area contributed by atoms with Crippen molar-refractivity contribution in [1.29, 1.82) is 0 Å². The van der Waals surface area contributed by atoms with Crippen LogP contribution < -0.4 is 5.32 Å². The minimum atomic E-state index is -0.575. The van der Waals surface area contributed by atoms with Gasteiger partial charge in [0.25, 0.3) is 0 Å². The summed E-state index contributed by atoms with van der Waals surface area (Å²) in [6.07, 6.45) is 3.82. The Bertz CT molecular complexity index is 457. The summed E-state index contributed by atoms with van der Waals surface area (Å²) in [5.74, 6) is 0.670. The van der Waals surface area contributed by atoms with Crippen LogP contribution in [0, 0.1) is 10.1 Å². The Hall–Kier alpha value is -1.47. The lowest BCUT2D eigenvalue weighted by Gasteiger charge is -2.08. The summed E-state index contributed by atoms with van der Waals surface area (Å²) in [6, 6.07) is 0. The van der Waals surface area contributed by atoms with E-state index in [0.717, 1.165) is 25.7 Å². The molecule has 8 heteroatoms. The monoisotopic (exact) mass is 302 g/mol. The van der Waals surface area contributed by atoms with Gasteiger partial charge in [0, 0.05) is 19.6 Å². The number of aromatic nitrogens is 2. The van der Waals surface area contributed by atoms with Crippen molar-refractivity contribution in [2.75, 3.05) is 18.5 Å². The predicted molar refractivity (Wildman–Crippen MR) is 77.1 cm³/mol. The van der Waals surface area contributed by atoms with Crippen molar-refractivity contribution in [3.63, 3.8) is 0 Å². The largest absolute Gasteiger partial charge is 0.396 e. The number of nitrogens with one attached hydrogen (secondary N) is 1. The van der Waals surface area contributed by atoms with Crippen molar-refractivity contribution in [1.82, 2.24) is 9.97 Å². The minimum absolute atomic E-state index is 0.133. The number of rotatable bonds is 9. The fraction of sp³-hybridized carbons (Fsp3) is 0.667. The zero-order valence-electron chi connectivity index (χ0n) is 11.4. The van der Waals surface area contributed by atoms with Gasteiger partial charge in [-0.1, -0.05) is 18.5 Å². The molecule has 112 valence electrons. The lowest BCUT2D eigenvalue weighted by molar-refractivity contribution is -0.384. The van der Waals surface area contributed by atoms with E-state index in [9.17, 15) is 10.1 Å². The zero-order chi connectivity index (χ0) is 15.0. The molecule has 2 N–H and O–H groups in total. The van der Waals surface area contributed by atoms with Gasteiger partial charge in [0.15, 0.2) is 0 Å². The summed E-state index contributed by atoms with van der Waals surface area (Å²) in [4.78, 5) is 18.5. The Labute approximate surface area is 122 Å². The third kappa shape index (κ3) is 4.90. The van der Waals surface area contributed by atoms with Gasteiger partial charge in [0.1, 0.15) is 5.82 Å². The Kier molecular flexibility index (Phi) is 7.17. The first-order valence-corrected chi connectivity index (χ1v) is 7.03. The number of anilines is 1. The van der Waals surface area contributed by atoms with Crippen LogP contribution in [0.5, 0.6) is 0 Å². The molecule has 0 fully saturated rings. The minimum Gasteiger partial charge on any atom is -0.396 e. The molecule has 7 nitrogen and oxygen atoms in total. The normalized spacial score (nSPS) is 10.6. The fourth-order valence-corrected chi connectivity index (χ4v) is 1.97. The molecule has 1 aromatic heterocycles. The first-order valence-electron chi connectivity index (χ1n) is 6.65. The number of hydrogen-bond acceptors (Lipinski definition) is 6. The molecule has 20 heavy (non-hydrogen) atoms. The standard InChI is InChI=1S/C12H19ClN4O3/c1-2-6-9-15-11(13)10(17(19)20)12(16-9)14-7-4-3-5-8-18/h18H,2-8H2,1H3,(H,14,15,16). The first kappa shape index (κ1) is 16.6. The smallest absolute Gasteiger partial charge is 0.348 e. The molecule has 0 aromatic carbocycles. The number of aliphatic hydroxyl groups is 1. The second-order valence-electron chi connectivity index (χ2n) is 4.35. The van der Waals surface area contributed by atoms with Crippen LogP contribution in [-0.4, -0.2) is 33.1 Å². The van der Waals surface area contributed by atoms with E-state index in [2.05, 4.69) is 15.3 Å². The SMILES string of the molecule is CCCc1nc(Cl)c([N+](=O)[O-])c(NCCCCCO)n1. The van der Waals surface area contributed by atoms with E-state index < -0.39 is 4.92 Å². The molecule has 1 aromatic rings. The van der Waals surface area contributed by atoms with Gasteiger partial charge in [-0.05, 0) is 25.7 Å². The second kappa shape index (κ2) is 8.65. The summed E-state index contributed by atoms with van der Waals surface area (Å²) < 4.78 is 0. The van der Waals surface area contributed by atoms with Crippen molar-refractivity contribution < 1.29 is 10.0 Å². The van der Waals surface area contributed by atoms with Gasteiger partial charge in [-0.15, -0.1) is 0 Å². The molecule has 0 aliphatic carbocycles. The van der Waals surface area contributed by atoms with Crippen molar-refractivity contribution in [2.24, 2.45) is 0 Å². The summed E-state index contributed by atoms with van der Waals surface area (Å²) in [5, 5.41) is 22.5. The number of aryl methyl sites for hydroxylation is 1. The van der Waals surface area contributed by atoms with Gasteiger partial charge < -0.3 is 10.4 Å². The van der Waals surface area contributed by atoms with E-state index in [1.54, 1.807) is 0 Å². The molecule has 0 aliphatic rings. The maximum absolute atomic E-state index is 11.0. The van der Waals surface area contributed by atoms with E-state index in [-0.39, 0.29) is 23.3 Å². The molecule has 0 amide bonds. The molecule has 0 bridgehead atoms. The molecule has 0 unspecified atom stereocenters. The van der Waals surface area contributed by atoms with Crippen LogP contribution >= 0.6 is 11.6 Å². The lowest BCUT2D eigenvalue weighted by Crippen LogP contribution is -2.10. The van der Waals surface area contributed by atoms with Gasteiger partial charge in [-0.2, -0.15) is 0 Å². The van der Waals surface area contributed by atoms with Gasteiger partial charge in [-0.25, -0.2) is 9.97 Å². The second-order valence-corrected chi connectivity index (χ2v) is 4.70. The lowest BCUT2D eigenvalue weighted by atomic mass is 10.2. The topological polar surface area (TPSA) is 101 Å². The van der Waals surface area contributed by atoms with Gasteiger partial charge in [0.05, 0.1) is 4.92 Å². The summed E-state index contributed by atoms with van der Waals surface area (Å²) in [7, 11) is 0. The predicted octanol–water partition coefficient (Wildman–Crippen LogP) is 2.57. The number of hydrogen-bond donors (Lipinski definition) is 2.